The van der Waals surface area contributed by atoms with E-state index >= 15 is 0 Å². The average molecular weight is 196 g/mol. The third kappa shape index (κ3) is 3.29. The maximum atomic E-state index is 2.42. The second-order valence-electron chi connectivity index (χ2n) is 5.81. The molecular formula is C14H28. The molecule has 84 valence electrons. The zero-order chi connectivity index (χ0) is 10.6. The van der Waals surface area contributed by atoms with E-state index in [1.165, 1.54) is 38.5 Å². The van der Waals surface area contributed by atoms with Crippen LogP contribution in [0.15, 0.2) is 0 Å². The van der Waals surface area contributed by atoms with Crippen molar-refractivity contribution in [3.63, 3.8) is 0 Å². The summed E-state index contributed by atoms with van der Waals surface area (Å²) in [5.74, 6) is 3.77. The first kappa shape index (κ1) is 12.1. The van der Waals surface area contributed by atoms with Crippen LogP contribution in [0.1, 0.15) is 66.2 Å². The van der Waals surface area contributed by atoms with Crippen molar-refractivity contribution in [2.45, 2.75) is 66.2 Å². The molecule has 14 heavy (non-hydrogen) atoms. The minimum Gasteiger partial charge on any atom is -0.0625 e. The fraction of sp³-hybridized carbons (Fsp3) is 1.00. The average Bonchev–Trinajstić information content (AvgIpc) is 2.01. The first-order chi connectivity index (χ1) is 6.63. The highest BCUT2D eigenvalue weighted by Gasteiger charge is 2.27. The van der Waals surface area contributed by atoms with Gasteiger partial charge < -0.3 is 0 Å². The maximum Gasteiger partial charge on any atom is -0.0360 e. The lowest BCUT2D eigenvalue weighted by atomic mass is 9.71. The molecule has 2 unspecified atom stereocenters. The Bertz CT molecular complexity index is 128. The van der Waals surface area contributed by atoms with Gasteiger partial charge in [-0.05, 0) is 36.5 Å². The van der Waals surface area contributed by atoms with Crippen LogP contribution in [-0.4, -0.2) is 0 Å². The normalized spacial score (nSPS) is 30.4. The van der Waals surface area contributed by atoms with Crippen LogP contribution >= 0.6 is 0 Å². The topological polar surface area (TPSA) is 0 Å². The Labute approximate surface area is 90.5 Å². The van der Waals surface area contributed by atoms with Gasteiger partial charge >= 0.3 is 0 Å². The quantitative estimate of drug-likeness (QED) is 0.590. The predicted molar refractivity (Wildman–Crippen MR) is 64.4 cm³/mol. The maximum absolute atomic E-state index is 2.42. The van der Waals surface area contributed by atoms with E-state index in [2.05, 4.69) is 27.7 Å². The number of hydrogen-bond donors (Lipinski definition) is 0. The van der Waals surface area contributed by atoms with E-state index in [4.69, 9.17) is 0 Å². The fourth-order valence-corrected chi connectivity index (χ4v) is 3.20. The second kappa shape index (κ2) is 5.78. The van der Waals surface area contributed by atoms with E-state index in [0.29, 0.717) is 0 Å². The lowest BCUT2D eigenvalue weighted by Gasteiger charge is -2.35. The SMILES string of the molecule is CC(C)C1CCCCCCC1C(C)C. The highest BCUT2D eigenvalue weighted by molar-refractivity contribution is 4.77. The minimum atomic E-state index is 0.889. The van der Waals surface area contributed by atoms with E-state index in [0.717, 1.165) is 23.7 Å². The molecule has 0 heterocycles. The Morgan fingerprint density at radius 2 is 1.00 bits per heavy atom. The van der Waals surface area contributed by atoms with Crippen LogP contribution in [0, 0.1) is 23.7 Å². The first-order valence-electron chi connectivity index (χ1n) is 6.63. The largest absolute Gasteiger partial charge is 0.0625 e. The van der Waals surface area contributed by atoms with Crippen LogP contribution in [0.25, 0.3) is 0 Å². The Morgan fingerprint density at radius 3 is 1.29 bits per heavy atom. The van der Waals surface area contributed by atoms with Crippen molar-refractivity contribution in [1.29, 1.82) is 0 Å². The first-order valence-corrected chi connectivity index (χ1v) is 6.63. The molecule has 1 saturated carbocycles. The predicted octanol–water partition coefficient (Wildman–Crippen LogP) is 4.89. The zero-order valence-corrected chi connectivity index (χ0v) is 10.6. The Balaban J connectivity index is 2.60. The standard InChI is InChI=1S/C14H28/c1-11(2)13-9-7-5-6-8-10-14(13)12(3)4/h11-14H,5-10H2,1-4H3. The Morgan fingerprint density at radius 1 is 0.643 bits per heavy atom. The monoisotopic (exact) mass is 196 g/mol. The minimum absolute atomic E-state index is 0.889. The van der Waals surface area contributed by atoms with Gasteiger partial charge in [0, 0.05) is 0 Å². The molecule has 0 nitrogen and oxygen atoms in total. The van der Waals surface area contributed by atoms with Gasteiger partial charge in [0.1, 0.15) is 0 Å². The van der Waals surface area contributed by atoms with Crippen LogP contribution in [-0.2, 0) is 0 Å². The van der Waals surface area contributed by atoms with E-state index in [1.807, 2.05) is 0 Å². The molecule has 0 bridgehead atoms. The summed E-state index contributed by atoms with van der Waals surface area (Å²) in [6.07, 6.45) is 8.89. The van der Waals surface area contributed by atoms with E-state index < -0.39 is 0 Å². The van der Waals surface area contributed by atoms with Gasteiger partial charge in [-0.25, -0.2) is 0 Å². The molecule has 1 fully saturated rings. The highest BCUT2D eigenvalue weighted by Crippen LogP contribution is 2.37. The van der Waals surface area contributed by atoms with Crippen LogP contribution in [0.2, 0.25) is 0 Å². The fourth-order valence-electron chi connectivity index (χ4n) is 3.20. The van der Waals surface area contributed by atoms with Gasteiger partial charge in [0.05, 0.1) is 0 Å². The van der Waals surface area contributed by atoms with Crippen molar-refractivity contribution in [2.24, 2.45) is 23.7 Å². The summed E-state index contributed by atoms with van der Waals surface area (Å²) in [5, 5.41) is 0. The van der Waals surface area contributed by atoms with Crippen molar-refractivity contribution in [3.8, 4) is 0 Å². The van der Waals surface area contributed by atoms with E-state index in [1.54, 1.807) is 0 Å². The molecule has 0 aliphatic heterocycles. The molecule has 0 aromatic carbocycles. The molecule has 0 aromatic heterocycles. The van der Waals surface area contributed by atoms with Gasteiger partial charge in [-0.1, -0.05) is 53.4 Å². The summed E-state index contributed by atoms with van der Waals surface area (Å²) in [5.41, 5.74) is 0. The van der Waals surface area contributed by atoms with Crippen molar-refractivity contribution in [1.82, 2.24) is 0 Å². The number of rotatable bonds is 2. The van der Waals surface area contributed by atoms with Gasteiger partial charge in [-0.3, -0.25) is 0 Å². The lowest BCUT2D eigenvalue weighted by Crippen LogP contribution is -2.25. The molecular weight excluding hydrogens is 168 g/mol. The summed E-state index contributed by atoms with van der Waals surface area (Å²) in [6.45, 7) is 9.67. The van der Waals surface area contributed by atoms with E-state index in [9.17, 15) is 0 Å². The summed E-state index contributed by atoms with van der Waals surface area (Å²) in [4.78, 5) is 0. The van der Waals surface area contributed by atoms with Crippen molar-refractivity contribution < 1.29 is 0 Å². The van der Waals surface area contributed by atoms with Crippen LogP contribution < -0.4 is 0 Å². The third-order valence-electron chi connectivity index (χ3n) is 4.09. The van der Waals surface area contributed by atoms with Crippen LogP contribution in [0.4, 0.5) is 0 Å². The molecule has 0 spiro atoms. The van der Waals surface area contributed by atoms with Crippen molar-refractivity contribution in [2.75, 3.05) is 0 Å². The summed E-state index contributed by atoms with van der Waals surface area (Å²) in [6, 6.07) is 0. The van der Waals surface area contributed by atoms with Gasteiger partial charge in [0.15, 0.2) is 0 Å². The number of hydrogen-bond acceptors (Lipinski definition) is 0. The molecule has 0 heteroatoms. The third-order valence-corrected chi connectivity index (χ3v) is 4.09. The summed E-state index contributed by atoms with van der Waals surface area (Å²) < 4.78 is 0. The molecule has 0 N–H and O–H groups in total. The Kier molecular flexibility index (Phi) is 4.98. The molecule has 0 radical (unpaired) electrons. The molecule has 2 atom stereocenters. The molecule has 0 amide bonds. The highest BCUT2D eigenvalue weighted by atomic mass is 14.3. The van der Waals surface area contributed by atoms with Gasteiger partial charge in [0.2, 0.25) is 0 Å². The molecule has 1 rings (SSSR count). The molecule has 1 aliphatic rings. The summed E-state index contributed by atoms with van der Waals surface area (Å²) >= 11 is 0. The van der Waals surface area contributed by atoms with Crippen molar-refractivity contribution in [3.05, 3.63) is 0 Å². The molecule has 0 saturated heterocycles. The van der Waals surface area contributed by atoms with Gasteiger partial charge in [0.25, 0.3) is 0 Å². The zero-order valence-electron chi connectivity index (χ0n) is 10.6. The van der Waals surface area contributed by atoms with Crippen LogP contribution in [0.3, 0.4) is 0 Å². The van der Waals surface area contributed by atoms with Gasteiger partial charge in [-0.2, -0.15) is 0 Å². The summed E-state index contributed by atoms with van der Waals surface area (Å²) in [7, 11) is 0. The molecule has 1 aliphatic carbocycles. The van der Waals surface area contributed by atoms with Crippen LogP contribution in [0.5, 0.6) is 0 Å². The smallest absolute Gasteiger partial charge is 0.0360 e. The second-order valence-corrected chi connectivity index (χ2v) is 5.81. The van der Waals surface area contributed by atoms with Crippen molar-refractivity contribution >= 4 is 0 Å². The lowest BCUT2D eigenvalue weighted by molar-refractivity contribution is 0.155. The van der Waals surface area contributed by atoms with E-state index in [-0.39, 0.29) is 0 Å². The molecule has 0 aromatic rings. The van der Waals surface area contributed by atoms with Gasteiger partial charge in [-0.15, -0.1) is 0 Å². The Hall–Kier alpha value is 0.